The Hall–Kier alpha value is -2.74. The fourth-order valence-electron chi connectivity index (χ4n) is 3.42. The van der Waals surface area contributed by atoms with Gasteiger partial charge in [0.15, 0.2) is 0 Å². The maximum Gasteiger partial charge on any atom is 0.263 e. The number of rotatable bonds is 7. The van der Waals surface area contributed by atoms with Crippen molar-refractivity contribution in [1.29, 1.82) is 0 Å². The van der Waals surface area contributed by atoms with Gasteiger partial charge in [0.2, 0.25) is 0 Å². The quantitative estimate of drug-likeness (QED) is 0.598. The molecule has 0 spiro atoms. The molecule has 1 N–H and O–H groups in total. The molecule has 1 aliphatic carbocycles. The smallest absolute Gasteiger partial charge is 0.263 e. The molecule has 0 aliphatic heterocycles. The van der Waals surface area contributed by atoms with Gasteiger partial charge in [0, 0.05) is 24.4 Å². The van der Waals surface area contributed by atoms with E-state index in [9.17, 15) is 8.42 Å². The van der Waals surface area contributed by atoms with Gasteiger partial charge in [0.25, 0.3) is 16.0 Å². The Morgan fingerprint density at radius 2 is 1.73 bits per heavy atom. The molecular weight excluding hydrogens is 398 g/mol. The molecule has 0 amide bonds. The fourth-order valence-corrected chi connectivity index (χ4v) is 4.85. The lowest BCUT2D eigenvalue weighted by Gasteiger charge is -2.17. The van der Waals surface area contributed by atoms with Crippen LogP contribution in [0.15, 0.2) is 47.6 Å². The van der Waals surface area contributed by atoms with Gasteiger partial charge < -0.3 is 0 Å². The summed E-state index contributed by atoms with van der Waals surface area (Å²) >= 11 is 0. The summed E-state index contributed by atoms with van der Waals surface area (Å²) < 4.78 is 31.2. The zero-order chi connectivity index (χ0) is 21.5. The monoisotopic (exact) mass is 425 g/mol. The molecule has 7 nitrogen and oxygen atoms in total. The van der Waals surface area contributed by atoms with Gasteiger partial charge in [-0.3, -0.25) is 4.72 Å². The van der Waals surface area contributed by atoms with Gasteiger partial charge in [-0.05, 0) is 47.9 Å². The van der Waals surface area contributed by atoms with E-state index < -0.39 is 10.0 Å². The number of sulfonamides is 1. The number of anilines is 1. The van der Waals surface area contributed by atoms with Gasteiger partial charge in [-0.1, -0.05) is 39.8 Å². The minimum Gasteiger partial charge on any atom is -0.263 e. The first-order valence-electron chi connectivity index (χ1n) is 10.3. The number of nitrogens with zero attached hydrogens (tertiary/aromatic N) is 4. The van der Waals surface area contributed by atoms with Gasteiger partial charge in [-0.25, -0.2) is 18.4 Å². The largest absolute Gasteiger partial charge is 0.263 e. The summed E-state index contributed by atoms with van der Waals surface area (Å²) in [5, 5.41) is 4.59. The molecular formula is C22H27N5O2S. The average Bonchev–Trinajstić information content (AvgIpc) is 3.49. The number of aromatic nitrogens is 4. The Bertz CT molecular complexity index is 1150. The topological polar surface area (TPSA) is 89.8 Å². The van der Waals surface area contributed by atoms with Crippen LogP contribution in [-0.2, 0) is 10.0 Å². The number of benzene rings is 1. The normalized spacial score (nSPS) is 14.5. The molecule has 1 fully saturated rings. The van der Waals surface area contributed by atoms with Crippen molar-refractivity contribution in [2.24, 2.45) is 0 Å². The second-order valence-electron chi connectivity index (χ2n) is 8.40. The van der Waals surface area contributed by atoms with Crippen molar-refractivity contribution in [3.8, 4) is 5.95 Å². The van der Waals surface area contributed by atoms with E-state index in [1.807, 2.05) is 26.0 Å². The number of hydrogen-bond acceptors (Lipinski definition) is 5. The van der Waals surface area contributed by atoms with Crippen molar-refractivity contribution in [2.45, 2.75) is 63.2 Å². The molecule has 1 aliphatic rings. The van der Waals surface area contributed by atoms with E-state index in [2.05, 4.69) is 33.6 Å². The maximum absolute atomic E-state index is 13.5. The van der Waals surface area contributed by atoms with E-state index in [4.69, 9.17) is 0 Å². The summed E-state index contributed by atoms with van der Waals surface area (Å²) in [7, 11) is -3.83. The van der Waals surface area contributed by atoms with Gasteiger partial charge in [-0.2, -0.15) is 9.78 Å². The van der Waals surface area contributed by atoms with E-state index in [0.717, 1.165) is 29.7 Å². The molecule has 3 aromatic rings. The van der Waals surface area contributed by atoms with E-state index in [0.29, 0.717) is 22.6 Å². The standard InChI is InChI=1S/C22H27N5O2S/c1-14(2)17-8-9-18(15(3)4)20(12-17)30(28,29)26-21-13-19(16-6-7-16)25-27(21)22-23-10-5-11-24-22/h5,8-16,26H,6-7H2,1-4H3. The molecule has 1 aromatic carbocycles. The Kier molecular flexibility index (Phi) is 5.36. The van der Waals surface area contributed by atoms with Crippen molar-refractivity contribution < 1.29 is 8.42 Å². The second kappa shape index (κ2) is 7.83. The SMILES string of the molecule is CC(C)c1ccc(C(C)C)c(S(=O)(=O)Nc2cc(C3CC3)nn2-c2ncccn2)c1. The van der Waals surface area contributed by atoms with Crippen LogP contribution in [-0.4, -0.2) is 28.2 Å². The van der Waals surface area contributed by atoms with E-state index in [-0.39, 0.29) is 11.8 Å². The molecule has 8 heteroatoms. The van der Waals surface area contributed by atoms with Crippen LogP contribution in [0.4, 0.5) is 5.82 Å². The third-order valence-corrected chi connectivity index (χ3v) is 6.73. The predicted molar refractivity (Wildman–Crippen MR) is 117 cm³/mol. The predicted octanol–water partition coefficient (Wildman–Crippen LogP) is 4.59. The number of nitrogens with one attached hydrogen (secondary N) is 1. The van der Waals surface area contributed by atoms with Gasteiger partial charge in [0.1, 0.15) is 5.82 Å². The lowest BCUT2D eigenvalue weighted by molar-refractivity contribution is 0.598. The van der Waals surface area contributed by atoms with Crippen molar-refractivity contribution in [2.75, 3.05) is 4.72 Å². The maximum atomic E-state index is 13.5. The van der Waals surface area contributed by atoms with Crippen LogP contribution >= 0.6 is 0 Å². The molecule has 0 atom stereocenters. The van der Waals surface area contributed by atoms with Crippen LogP contribution in [0.25, 0.3) is 5.95 Å². The van der Waals surface area contributed by atoms with E-state index >= 15 is 0 Å². The molecule has 1 saturated carbocycles. The molecule has 0 unspecified atom stereocenters. The molecule has 2 heterocycles. The summed E-state index contributed by atoms with van der Waals surface area (Å²) in [5.74, 6) is 1.36. The Morgan fingerprint density at radius 1 is 1.03 bits per heavy atom. The average molecular weight is 426 g/mol. The highest BCUT2D eigenvalue weighted by Crippen LogP contribution is 2.40. The summed E-state index contributed by atoms with van der Waals surface area (Å²) in [6.45, 7) is 8.10. The van der Waals surface area contributed by atoms with Crippen molar-refractivity contribution in [3.63, 3.8) is 0 Å². The summed E-state index contributed by atoms with van der Waals surface area (Å²) in [6.07, 6.45) is 5.35. The molecule has 0 saturated heterocycles. The van der Waals surface area contributed by atoms with Crippen LogP contribution in [0.5, 0.6) is 0 Å². The summed E-state index contributed by atoms with van der Waals surface area (Å²) in [4.78, 5) is 8.79. The minimum absolute atomic E-state index is 0.0715. The highest BCUT2D eigenvalue weighted by molar-refractivity contribution is 7.92. The van der Waals surface area contributed by atoms with Crippen molar-refractivity contribution in [1.82, 2.24) is 19.7 Å². The Labute approximate surface area is 177 Å². The van der Waals surface area contributed by atoms with Crippen molar-refractivity contribution >= 4 is 15.8 Å². The van der Waals surface area contributed by atoms with Crippen LogP contribution in [0.3, 0.4) is 0 Å². The molecule has 0 bridgehead atoms. The first-order valence-corrected chi connectivity index (χ1v) is 11.8. The van der Waals surface area contributed by atoms with Crippen molar-refractivity contribution in [3.05, 3.63) is 59.5 Å². The van der Waals surface area contributed by atoms with Crippen LogP contribution in [0, 0.1) is 0 Å². The van der Waals surface area contributed by atoms with Gasteiger partial charge in [-0.15, -0.1) is 0 Å². The Balaban J connectivity index is 1.78. The molecule has 158 valence electrons. The first kappa shape index (κ1) is 20.5. The van der Waals surface area contributed by atoms with Crippen LogP contribution in [0.1, 0.15) is 75.1 Å². The van der Waals surface area contributed by atoms with E-state index in [1.54, 1.807) is 30.6 Å². The second-order valence-corrected chi connectivity index (χ2v) is 10.1. The van der Waals surface area contributed by atoms with Gasteiger partial charge >= 0.3 is 0 Å². The summed E-state index contributed by atoms with van der Waals surface area (Å²) in [6, 6.07) is 9.22. The summed E-state index contributed by atoms with van der Waals surface area (Å²) in [5.41, 5.74) is 2.63. The van der Waals surface area contributed by atoms with E-state index in [1.165, 1.54) is 4.68 Å². The molecule has 4 rings (SSSR count). The van der Waals surface area contributed by atoms with Crippen LogP contribution in [0.2, 0.25) is 0 Å². The third-order valence-electron chi connectivity index (χ3n) is 5.32. The molecule has 0 radical (unpaired) electrons. The minimum atomic E-state index is -3.83. The lowest BCUT2D eigenvalue weighted by Crippen LogP contribution is -2.19. The highest BCUT2D eigenvalue weighted by Gasteiger charge is 2.30. The molecule has 2 aromatic heterocycles. The first-order chi connectivity index (χ1) is 14.3. The molecule has 30 heavy (non-hydrogen) atoms. The van der Waals surface area contributed by atoms with Crippen LogP contribution < -0.4 is 4.72 Å². The Morgan fingerprint density at radius 3 is 2.33 bits per heavy atom. The fraction of sp³-hybridized carbons (Fsp3) is 0.409. The van der Waals surface area contributed by atoms with Gasteiger partial charge in [0.05, 0.1) is 10.6 Å². The zero-order valence-electron chi connectivity index (χ0n) is 17.7. The third kappa shape index (κ3) is 4.09. The highest BCUT2D eigenvalue weighted by atomic mass is 32.2. The zero-order valence-corrected chi connectivity index (χ0v) is 18.5. The number of hydrogen-bond donors (Lipinski definition) is 1. The lowest BCUT2D eigenvalue weighted by atomic mass is 9.97.